The molecule has 5 nitrogen and oxygen atoms in total. The molecule has 0 bridgehead atoms. The molecular formula is C14H18N4OS. The van der Waals surface area contributed by atoms with E-state index in [2.05, 4.69) is 25.6 Å². The van der Waals surface area contributed by atoms with Crippen molar-refractivity contribution in [2.45, 2.75) is 12.6 Å². The Hall–Kier alpha value is -1.50. The van der Waals surface area contributed by atoms with Gasteiger partial charge in [-0.15, -0.1) is 11.3 Å². The van der Waals surface area contributed by atoms with Crippen molar-refractivity contribution in [1.29, 1.82) is 0 Å². The Morgan fingerprint density at radius 3 is 3.25 bits per heavy atom. The van der Waals surface area contributed by atoms with E-state index in [1.807, 2.05) is 30.8 Å². The van der Waals surface area contributed by atoms with Crippen molar-refractivity contribution in [1.82, 2.24) is 14.9 Å². The fourth-order valence-corrected chi connectivity index (χ4v) is 2.89. The lowest BCUT2D eigenvalue weighted by atomic mass is 10.2. The van der Waals surface area contributed by atoms with E-state index in [4.69, 9.17) is 4.74 Å². The van der Waals surface area contributed by atoms with Crippen molar-refractivity contribution >= 4 is 17.2 Å². The molecule has 1 atom stereocenters. The van der Waals surface area contributed by atoms with Gasteiger partial charge >= 0.3 is 0 Å². The Kier molecular flexibility index (Phi) is 4.25. The second kappa shape index (κ2) is 6.30. The molecule has 0 unspecified atom stereocenters. The minimum Gasteiger partial charge on any atom is -0.373 e. The molecule has 106 valence electrons. The van der Waals surface area contributed by atoms with Gasteiger partial charge in [0.15, 0.2) is 0 Å². The molecule has 1 aliphatic rings. The van der Waals surface area contributed by atoms with Gasteiger partial charge in [0, 0.05) is 32.1 Å². The molecule has 1 fully saturated rings. The third-order valence-electron chi connectivity index (χ3n) is 3.38. The highest BCUT2D eigenvalue weighted by Gasteiger charge is 2.23. The molecule has 3 heterocycles. The minimum absolute atomic E-state index is 0.0377. The number of morpholine rings is 1. The maximum atomic E-state index is 5.86. The van der Waals surface area contributed by atoms with Gasteiger partial charge in [0.2, 0.25) is 0 Å². The van der Waals surface area contributed by atoms with Crippen LogP contribution < -0.4 is 5.32 Å². The number of thiazole rings is 1. The first-order valence-electron chi connectivity index (χ1n) is 6.71. The second-order valence-electron chi connectivity index (χ2n) is 4.77. The first-order valence-corrected chi connectivity index (χ1v) is 7.65. The van der Waals surface area contributed by atoms with Crippen molar-refractivity contribution in [3.63, 3.8) is 0 Å². The zero-order valence-electron chi connectivity index (χ0n) is 11.5. The fourth-order valence-electron chi connectivity index (χ4n) is 2.34. The molecular weight excluding hydrogens is 272 g/mol. The Balaban J connectivity index is 1.68. The van der Waals surface area contributed by atoms with Crippen molar-refractivity contribution < 1.29 is 4.74 Å². The van der Waals surface area contributed by atoms with E-state index in [0.29, 0.717) is 0 Å². The number of aromatic nitrogens is 2. The number of anilines is 1. The summed E-state index contributed by atoms with van der Waals surface area (Å²) in [6.07, 6.45) is 0.0377. The van der Waals surface area contributed by atoms with Crippen molar-refractivity contribution in [3.05, 3.63) is 40.5 Å². The number of rotatable bonds is 4. The average Bonchev–Trinajstić information content (AvgIpc) is 3.00. The first kappa shape index (κ1) is 13.5. The Morgan fingerprint density at radius 2 is 2.45 bits per heavy atom. The average molecular weight is 290 g/mol. The van der Waals surface area contributed by atoms with E-state index in [1.165, 1.54) is 0 Å². The summed E-state index contributed by atoms with van der Waals surface area (Å²) < 4.78 is 5.86. The lowest BCUT2D eigenvalue weighted by Crippen LogP contribution is -2.38. The topological polar surface area (TPSA) is 50.3 Å². The van der Waals surface area contributed by atoms with Crippen LogP contribution in [0.1, 0.15) is 17.5 Å². The van der Waals surface area contributed by atoms with Crippen molar-refractivity contribution in [3.8, 4) is 0 Å². The molecule has 1 saturated heterocycles. The number of nitrogens with one attached hydrogen (secondary N) is 1. The summed E-state index contributed by atoms with van der Waals surface area (Å²) in [5.74, 6) is 0.878. The Labute approximate surface area is 122 Å². The molecule has 0 radical (unpaired) electrons. The number of ether oxygens (including phenoxy) is 1. The van der Waals surface area contributed by atoms with Crippen LogP contribution in [0.5, 0.6) is 0 Å². The van der Waals surface area contributed by atoms with Crippen LogP contribution in [0, 0.1) is 0 Å². The summed E-state index contributed by atoms with van der Waals surface area (Å²) in [5.41, 5.74) is 4.00. The van der Waals surface area contributed by atoms with Gasteiger partial charge in [0.05, 0.1) is 23.5 Å². The molecule has 1 aliphatic heterocycles. The maximum Gasteiger partial charge on any atom is 0.126 e. The molecule has 3 rings (SSSR count). The molecule has 6 heteroatoms. The van der Waals surface area contributed by atoms with Gasteiger partial charge in [0.25, 0.3) is 0 Å². The summed E-state index contributed by atoms with van der Waals surface area (Å²) in [7, 11) is 1.88. The van der Waals surface area contributed by atoms with Gasteiger partial charge in [-0.05, 0) is 12.1 Å². The lowest BCUT2D eigenvalue weighted by Gasteiger charge is -2.32. The maximum absolute atomic E-state index is 5.86. The molecule has 0 saturated carbocycles. The molecule has 0 aliphatic carbocycles. The highest BCUT2D eigenvalue weighted by Crippen LogP contribution is 2.22. The van der Waals surface area contributed by atoms with Crippen LogP contribution in [0.3, 0.4) is 0 Å². The highest BCUT2D eigenvalue weighted by molar-refractivity contribution is 7.07. The van der Waals surface area contributed by atoms with Gasteiger partial charge in [-0.3, -0.25) is 4.90 Å². The molecule has 1 N–H and O–H groups in total. The smallest absolute Gasteiger partial charge is 0.126 e. The summed E-state index contributed by atoms with van der Waals surface area (Å²) in [4.78, 5) is 11.3. The predicted octanol–water partition coefficient (Wildman–Crippen LogP) is 2.15. The zero-order valence-corrected chi connectivity index (χ0v) is 12.3. The Morgan fingerprint density at radius 1 is 1.50 bits per heavy atom. The fraction of sp³-hybridized carbons (Fsp3) is 0.429. The van der Waals surface area contributed by atoms with Crippen molar-refractivity contribution in [2.75, 3.05) is 32.1 Å². The molecule has 0 spiro atoms. The van der Waals surface area contributed by atoms with Gasteiger partial charge in [-0.25, -0.2) is 9.97 Å². The van der Waals surface area contributed by atoms with E-state index in [9.17, 15) is 0 Å². The monoisotopic (exact) mass is 290 g/mol. The number of hydrogen-bond acceptors (Lipinski definition) is 6. The number of pyridine rings is 1. The molecule has 2 aromatic rings. The van der Waals surface area contributed by atoms with Crippen LogP contribution in [0.2, 0.25) is 0 Å². The van der Waals surface area contributed by atoms with Crippen LogP contribution in [0.15, 0.2) is 29.1 Å². The second-order valence-corrected chi connectivity index (χ2v) is 5.49. The van der Waals surface area contributed by atoms with Gasteiger partial charge < -0.3 is 10.1 Å². The van der Waals surface area contributed by atoms with Gasteiger partial charge in [0.1, 0.15) is 11.9 Å². The third kappa shape index (κ3) is 3.15. The molecule has 0 aromatic carbocycles. The van der Waals surface area contributed by atoms with E-state index in [-0.39, 0.29) is 6.10 Å². The third-order valence-corrected chi connectivity index (χ3v) is 4.01. The number of hydrogen-bond donors (Lipinski definition) is 1. The predicted molar refractivity (Wildman–Crippen MR) is 79.9 cm³/mol. The molecule has 20 heavy (non-hydrogen) atoms. The summed E-state index contributed by atoms with van der Waals surface area (Å²) in [6, 6.07) is 5.99. The summed E-state index contributed by atoms with van der Waals surface area (Å²) in [5, 5.41) is 5.17. The van der Waals surface area contributed by atoms with E-state index in [0.717, 1.165) is 43.4 Å². The standard InChI is InChI=1S/C14H18N4OS/c1-15-14-4-2-3-12(17-14)13-8-18(5-6-19-13)7-11-9-20-10-16-11/h2-4,9-10,13H,5-8H2,1H3,(H,15,17)/t13-/m1/s1. The summed E-state index contributed by atoms with van der Waals surface area (Å²) in [6.45, 7) is 3.42. The largest absolute Gasteiger partial charge is 0.373 e. The first-order chi connectivity index (χ1) is 9.85. The van der Waals surface area contributed by atoms with Gasteiger partial charge in [-0.2, -0.15) is 0 Å². The normalized spacial score (nSPS) is 19.9. The minimum atomic E-state index is 0.0377. The van der Waals surface area contributed by atoms with E-state index >= 15 is 0 Å². The quantitative estimate of drug-likeness (QED) is 0.935. The van der Waals surface area contributed by atoms with Crippen LogP contribution in [-0.2, 0) is 11.3 Å². The summed E-state index contributed by atoms with van der Waals surface area (Å²) >= 11 is 1.64. The molecule has 0 amide bonds. The van der Waals surface area contributed by atoms with Crippen LogP contribution in [0.25, 0.3) is 0 Å². The van der Waals surface area contributed by atoms with Crippen LogP contribution in [0.4, 0.5) is 5.82 Å². The van der Waals surface area contributed by atoms with Crippen molar-refractivity contribution in [2.24, 2.45) is 0 Å². The van der Waals surface area contributed by atoms with E-state index in [1.54, 1.807) is 11.3 Å². The zero-order chi connectivity index (χ0) is 13.8. The van der Waals surface area contributed by atoms with E-state index < -0.39 is 0 Å². The molecule has 2 aromatic heterocycles. The SMILES string of the molecule is CNc1cccc([C@H]2CN(Cc3cscn3)CCO2)n1. The van der Waals surface area contributed by atoms with Gasteiger partial charge in [-0.1, -0.05) is 6.07 Å². The van der Waals surface area contributed by atoms with Crippen LogP contribution >= 0.6 is 11.3 Å². The highest BCUT2D eigenvalue weighted by atomic mass is 32.1. The lowest BCUT2D eigenvalue weighted by molar-refractivity contribution is -0.0352. The number of nitrogens with zero attached hydrogens (tertiary/aromatic N) is 3. The Bertz CT molecular complexity index is 546. The van der Waals surface area contributed by atoms with Crippen LogP contribution in [-0.4, -0.2) is 41.6 Å².